The minimum absolute atomic E-state index is 0.201. The molecule has 98 heavy (non-hydrogen) atoms. The second-order valence-electron chi connectivity index (χ2n) is 22.3. The summed E-state index contributed by atoms with van der Waals surface area (Å²) in [5.74, 6) is 10.8. The molecule has 0 fully saturated rings. The predicted molar refractivity (Wildman–Crippen MR) is 350 cm³/mol. The van der Waals surface area contributed by atoms with Crippen LogP contribution in [0.25, 0.3) is 0 Å². The number of amides is 9. The van der Waals surface area contributed by atoms with Gasteiger partial charge in [-0.2, -0.15) is 0 Å². The smallest absolute Gasteiger partial charge is 0.386 e. The van der Waals surface area contributed by atoms with Crippen molar-refractivity contribution in [2.24, 2.45) is 16.2 Å². The molecule has 0 heterocycles. The second-order valence-corrected chi connectivity index (χ2v) is 24.0. The molecular formula is C69H72N9O19P. The molecule has 0 saturated heterocycles. The Balaban J connectivity index is 1.10. The third-order valence-corrected chi connectivity index (χ3v) is 16.7. The highest BCUT2D eigenvalue weighted by Crippen LogP contribution is 2.51. The van der Waals surface area contributed by atoms with E-state index < -0.39 is 135 Å². The average Bonchev–Trinajstić information content (AvgIpc) is 0.857. The highest BCUT2D eigenvalue weighted by molar-refractivity contribution is 7.48. The van der Waals surface area contributed by atoms with E-state index in [2.05, 4.69) is 67.4 Å². The van der Waals surface area contributed by atoms with Gasteiger partial charge in [-0.1, -0.05) is 71.9 Å². The van der Waals surface area contributed by atoms with Crippen molar-refractivity contribution in [2.45, 2.75) is 39.1 Å². The molecule has 28 nitrogen and oxygen atoms in total. The number of hydroxylamine groups is 3. The Morgan fingerprint density at radius 1 is 0.357 bits per heavy atom. The van der Waals surface area contributed by atoms with Crippen molar-refractivity contribution in [3.8, 4) is 35.5 Å². The van der Waals surface area contributed by atoms with Gasteiger partial charge in [-0.15, -0.1) is 0 Å². The van der Waals surface area contributed by atoms with Gasteiger partial charge in [0, 0.05) is 90.8 Å². The minimum Gasteiger partial charge on any atom is -0.386 e. The van der Waals surface area contributed by atoms with Gasteiger partial charge in [0.1, 0.15) is 34.6 Å². The summed E-state index contributed by atoms with van der Waals surface area (Å²) in [6, 6.07) is 37.3. The van der Waals surface area contributed by atoms with Crippen LogP contribution in [0.2, 0.25) is 0 Å². The molecular weight excluding hydrogens is 1290 g/mol. The zero-order valence-corrected chi connectivity index (χ0v) is 54.7. The lowest BCUT2D eigenvalue weighted by Crippen LogP contribution is -2.54. The molecule has 6 aromatic carbocycles. The fraction of sp³-hybridized carbons (Fsp3) is 0.261. The van der Waals surface area contributed by atoms with E-state index in [1.54, 1.807) is 109 Å². The van der Waals surface area contributed by atoms with Crippen LogP contribution in [-0.4, -0.2) is 145 Å². The zero-order valence-electron chi connectivity index (χ0n) is 53.8. The topological polar surface area (TPSA) is 428 Å². The third-order valence-electron chi connectivity index (χ3n) is 15.4. The number of hydrogen-bond acceptors (Lipinski definition) is 19. The number of phosphoric acid groups is 1. The van der Waals surface area contributed by atoms with Crippen LogP contribution in [0.15, 0.2) is 146 Å². The quantitative estimate of drug-likeness (QED) is 0.0116. The third kappa shape index (κ3) is 20.3. The first-order chi connectivity index (χ1) is 46.7. The number of aliphatic hydroxyl groups is 3. The maximum absolute atomic E-state index is 14.4. The van der Waals surface area contributed by atoms with Gasteiger partial charge < -0.3 is 47.2 Å². The summed E-state index contributed by atoms with van der Waals surface area (Å²) >= 11 is 0. The van der Waals surface area contributed by atoms with Gasteiger partial charge in [-0.25, -0.2) is 21.0 Å². The lowest BCUT2D eigenvalue weighted by Gasteiger charge is -2.25. The van der Waals surface area contributed by atoms with Crippen molar-refractivity contribution in [1.82, 2.24) is 48.3 Å². The number of rotatable bonds is 27. The molecule has 0 saturated carbocycles. The van der Waals surface area contributed by atoms with Crippen LogP contribution in [0.1, 0.15) is 120 Å². The number of nitrogens with one attached hydrogen (secondary N) is 9. The molecule has 6 rings (SSSR count). The summed E-state index contributed by atoms with van der Waals surface area (Å²) < 4.78 is 31.4. The lowest BCUT2D eigenvalue weighted by molar-refractivity contribution is -0.148. The first kappa shape index (κ1) is 76.1. The van der Waals surface area contributed by atoms with E-state index in [-0.39, 0.29) is 16.7 Å². The van der Waals surface area contributed by atoms with Crippen LogP contribution >= 0.6 is 7.82 Å². The standard InChI is InChI=1S/C69H72N9O19P/c1-67(61(85)70-4,64(88)76-91)40-73-58(82)52-31-19-46(20-32-52)10-7-43-13-25-49(26-14-43)55(79)37-95-98(94,96-38-56(80)50-27-15-44(16-28-50)8-11-47-21-33-53(34-22-47)59(83)74-41-68(2,62(86)71-5)65(89)77-92)97-39-57(81)51-29-17-45(18-30-51)9-12-48-23-35-54(36-24-48)60(84)75-42-69(3,63(87)72-6)66(90)78-93/h13-36,55-57,79-81,91-93H,37-42H2,1-6H3,(H,70,85)(H,71,86)(H,72,87)(H,73,82)(H,74,83)(H,75,84)(H,76,88)(H,77,89)(H,78,90)/t55-,56-,57-,67+,68+,69+/m1/s1. The number of phosphoric ester groups is 1. The van der Waals surface area contributed by atoms with Crippen molar-refractivity contribution in [1.29, 1.82) is 0 Å². The van der Waals surface area contributed by atoms with Crippen LogP contribution in [0.3, 0.4) is 0 Å². The van der Waals surface area contributed by atoms with E-state index in [4.69, 9.17) is 29.2 Å². The van der Waals surface area contributed by atoms with Crippen molar-refractivity contribution >= 4 is 61.0 Å². The number of carbonyl (C=O) groups excluding carboxylic acids is 9. The molecule has 6 aromatic rings. The summed E-state index contributed by atoms with van der Waals surface area (Å²) in [6.45, 7) is 0.535. The van der Waals surface area contributed by atoms with Crippen molar-refractivity contribution < 1.29 is 92.2 Å². The molecule has 0 radical (unpaired) electrons. The zero-order chi connectivity index (χ0) is 71.8. The largest absolute Gasteiger partial charge is 0.475 e. The molecule has 29 heteroatoms. The normalized spacial score (nSPS) is 13.6. The summed E-state index contributed by atoms with van der Waals surface area (Å²) in [5.41, 5.74) is 3.55. The van der Waals surface area contributed by atoms with Crippen molar-refractivity contribution in [2.75, 3.05) is 60.6 Å². The Labute approximate surface area is 563 Å². The van der Waals surface area contributed by atoms with E-state index in [9.17, 15) is 63.0 Å². The van der Waals surface area contributed by atoms with E-state index in [0.717, 1.165) is 0 Å². The maximum Gasteiger partial charge on any atom is 0.475 e. The summed E-state index contributed by atoms with van der Waals surface area (Å²) in [6.07, 6.45) is -4.27. The number of benzene rings is 6. The Hall–Kier alpha value is -10.9. The molecule has 9 amide bonds. The first-order valence-electron chi connectivity index (χ1n) is 29.8. The van der Waals surface area contributed by atoms with E-state index >= 15 is 0 Å². The number of hydrogen-bond donors (Lipinski definition) is 15. The van der Waals surface area contributed by atoms with Crippen LogP contribution < -0.4 is 48.3 Å². The molecule has 0 aliphatic heterocycles. The van der Waals surface area contributed by atoms with E-state index in [1.807, 2.05) is 0 Å². The van der Waals surface area contributed by atoms with Crippen LogP contribution in [0.4, 0.5) is 0 Å². The average molecular weight is 1360 g/mol. The SMILES string of the molecule is CNC(=O)[C@](C)(CNC(=O)c1ccc(C#Cc2ccc([C@H](O)COP(=O)(OC[C@@H](O)c3ccc(C#Cc4ccc(C(=O)NC[C@@](C)(C(=O)NC)C(=O)NO)cc4)cc3)OC[C@@H](O)c3ccc(C#Cc4ccc(C(=O)NC[C@@](C)(C(=O)NC)C(=O)NO)cc4)cc3)cc2)cc1)C(=O)NO. The maximum atomic E-state index is 14.4. The molecule has 6 atom stereocenters. The van der Waals surface area contributed by atoms with Gasteiger partial charge >= 0.3 is 7.82 Å². The Morgan fingerprint density at radius 2 is 0.551 bits per heavy atom. The monoisotopic (exact) mass is 1360 g/mol. The predicted octanol–water partition coefficient (Wildman–Crippen LogP) is 2.51. The Kier molecular flexibility index (Phi) is 27.3. The van der Waals surface area contributed by atoms with Gasteiger partial charge in [0.15, 0.2) is 0 Å². The fourth-order valence-corrected chi connectivity index (χ4v) is 10.1. The molecule has 0 aliphatic carbocycles. The van der Waals surface area contributed by atoms with Gasteiger partial charge in [0.05, 0.1) is 19.8 Å². The molecule has 15 N–H and O–H groups in total. The lowest BCUT2D eigenvalue weighted by atomic mass is 9.88. The fourth-order valence-electron chi connectivity index (χ4n) is 8.87. The van der Waals surface area contributed by atoms with E-state index in [0.29, 0.717) is 50.1 Å². The molecule has 0 spiro atoms. The highest BCUT2D eigenvalue weighted by Gasteiger charge is 2.43. The van der Waals surface area contributed by atoms with Gasteiger partial charge in [0.2, 0.25) is 17.7 Å². The summed E-state index contributed by atoms with van der Waals surface area (Å²) in [7, 11) is -0.825. The van der Waals surface area contributed by atoms with Crippen molar-refractivity contribution in [3.05, 3.63) is 212 Å². The molecule has 0 bridgehead atoms. The Bertz CT molecular complexity index is 3650. The van der Waals surface area contributed by atoms with Gasteiger partial charge in [0.25, 0.3) is 35.4 Å². The summed E-state index contributed by atoms with van der Waals surface area (Å²) in [4.78, 5) is 112. The highest BCUT2D eigenvalue weighted by atomic mass is 31.2. The van der Waals surface area contributed by atoms with Gasteiger partial charge in [-0.3, -0.25) is 72.3 Å². The molecule has 512 valence electrons. The van der Waals surface area contributed by atoms with Crippen LogP contribution in [0.5, 0.6) is 0 Å². The minimum atomic E-state index is -4.75. The van der Waals surface area contributed by atoms with Crippen LogP contribution in [-0.2, 0) is 46.9 Å². The van der Waals surface area contributed by atoms with Gasteiger partial charge in [-0.05, 0) is 147 Å². The van der Waals surface area contributed by atoms with Crippen molar-refractivity contribution in [3.63, 3.8) is 0 Å². The molecule has 0 aromatic heterocycles. The van der Waals surface area contributed by atoms with Crippen LogP contribution in [0, 0.1) is 51.8 Å². The number of aliphatic hydroxyl groups excluding tert-OH is 3. The summed E-state index contributed by atoms with van der Waals surface area (Å²) in [5, 5.41) is 75.7. The first-order valence-corrected chi connectivity index (χ1v) is 31.2. The van der Waals surface area contributed by atoms with E-state index in [1.165, 1.54) is 94.8 Å². The second kappa shape index (κ2) is 35.2. The molecule has 0 unspecified atom stereocenters. The molecule has 0 aliphatic rings. The Morgan fingerprint density at radius 3 is 0.735 bits per heavy atom. The number of carbonyl (C=O) groups is 9.